The van der Waals surface area contributed by atoms with Crippen molar-refractivity contribution in [2.75, 3.05) is 11.1 Å². The zero-order valence-corrected chi connectivity index (χ0v) is 14.5. The monoisotopic (exact) mass is 388 g/mol. The summed E-state index contributed by atoms with van der Waals surface area (Å²) >= 11 is 0.964. The van der Waals surface area contributed by atoms with E-state index < -0.39 is 23.3 Å². The summed E-state index contributed by atoms with van der Waals surface area (Å²) in [5.41, 5.74) is -0.0631. The lowest BCUT2D eigenvalue weighted by atomic mass is 10.2. The first kappa shape index (κ1) is 18.3. The average Bonchev–Trinajstić information content (AvgIpc) is 3.02. The number of para-hydroxylation sites is 1. The molecular formula is C17H14N3O6S+. The van der Waals surface area contributed by atoms with Crippen molar-refractivity contribution >= 4 is 29.3 Å². The number of rotatable bonds is 6. The van der Waals surface area contributed by atoms with Gasteiger partial charge in [0, 0.05) is 17.8 Å². The van der Waals surface area contributed by atoms with Crippen LogP contribution in [-0.2, 0) is 4.79 Å². The number of hydrogen-bond acceptors (Lipinski definition) is 6. The minimum absolute atomic E-state index is 0.112. The smallest absolute Gasteiger partial charge is 0.442 e. The van der Waals surface area contributed by atoms with Crippen molar-refractivity contribution < 1.29 is 29.0 Å². The molecule has 0 fully saturated rings. The number of carbonyl (C=O) groups excluding carboxylic acids is 1. The lowest BCUT2D eigenvalue weighted by Crippen LogP contribution is -2.36. The van der Waals surface area contributed by atoms with Gasteiger partial charge in [-0.15, -0.1) is 0 Å². The highest BCUT2D eigenvalue weighted by molar-refractivity contribution is 7.99. The molecule has 0 spiro atoms. The Morgan fingerprint density at radius 1 is 1.19 bits per heavy atom. The van der Waals surface area contributed by atoms with Crippen molar-refractivity contribution in [2.45, 2.75) is 5.03 Å². The van der Waals surface area contributed by atoms with Crippen LogP contribution in [0.4, 0.5) is 5.69 Å². The largest absolute Gasteiger partial charge is 0.507 e. The number of amides is 1. The summed E-state index contributed by atoms with van der Waals surface area (Å²) in [7, 11) is 0. The number of aromatic hydroxyl groups is 1. The van der Waals surface area contributed by atoms with E-state index in [4.69, 9.17) is 9.63 Å². The van der Waals surface area contributed by atoms with Crippen LogP contribution in [0.5, 0.6) is 5.75 Å². The fourth-order valence-corrected chi connectivity index (χ4v) is 3.02. The Balaban J connectivity index is 1.71. The number of carboxylic acid groups (broad SMARTS) is 1. The van der Waals surface area contributed by atoms with Crippen LogP contribution in [0.1, 0.15) is 10.4 Å². The summed E-state index contributed by atoms with van der Waals surface area (Å²) in [6.45, 7) is 0. The van der Waals surface area contributed by atoms with E-state index in [-0.39, 0.29) is 22.0 Å². The van der Waals surface area contributed by atoms with E-state index in [1.54, 1.807) is 24.3 Å². The Kier molecular flexibility index (Phi) is 5.27. The number of benzene rings is 2. The van der Waals surface area contributed by atoms with Crippen molar-refractivity contribution in [3.05, 3.63) is 64.5 Å². The van der Waals surface area contributed by atoms with Gasteiger partial charge in [0.25, 0.3) is 0 Å². The molecule has 0 unspecified atom stereocenters. The molecule has 27 heavy (non-hydrogen) atoms. The molecule has 1 heterocycles. The predicted octanol–water partition coefficient (Wildman–Crippen LogP) is 1.38. The number of hydrogen-bond donors (Lipinski definition) is 4. The van der Waals surface area contributed by atoms with Crippen LogP contribution in [0.25, 0.3) is 5.69 Å². The Hall–Kier alpha value is -3.53. The molecule has 0 radical (unpaired) electrons. The van der Waals surface area contributed by atoms with Crippen LogP contribution in [0.2, 0.25) is 0 Å². The number of aromatic amines is 1. The highest BCUT2D eigenvalue weighted by Gasteiger charge is 2.24. The lowest BCUT2D eigenvalue weighted by molar-refractivity contribution is -0.704. The molecule has 9 nitrogen and oxygen atoms in total. The molecule has 0 bridgehead atoms. The van der Waals surface area contributed by atoms with Crippen LogP contribution in [0.3, 0.4) is 0 Å². The van der Waals surface area contributed by atoms with Gasteiger partial charge in [-0.05, 0) is 39.9 Å². The normalized spacial score (nSPS) is 10.5. The summed E-state index contributed by atoms with van der Waals surface area (Å²) in [5.74, 6) is -2.28. The Bertz CT molecular complexity index is 1040. The number of nitrogens with one attached hydrogen (secondary N) is 2. The van der Waals surface area contributed by atoms with Crippen LogP contribution >= 0.6 is 11.8 Å². The molecule has 138 valence electrons. The number of carbonyl (C=O) groups is 2. The molecule has 1 aromatic heterocycles. The van der Waals surface area contributed by atoms with Crippen molar-refractivity contribution in [1.82, 2.24) is 5.27 Å². The average molecular weight is 388 g/mol. The number of H-pyrrole nitrogens is 1. The number of aromatic nitrogens is 2. The van der Waals surface area contributed by atoms with Gasteiger partial charge in [0.2, 0.25) is 11.6 Å². The molecule has 0 aliphatic heterocycles. The van der Waals surface area contributed by atoms with Gasteiger partial charge in [-0.1, -0.05) is 18.2 Å². The van der Waals surface area contributed by atoms with Gasteiger partial charge in [-0.2, -0.15) is 0 Å². The summed E-state index contributed by atoms with van der Waals surface area (Å²) in [5, 5.41) is 23.7. The van der Waals surface area contributed by atoms with E-state index in [1.165, 1.54) is 16.8 Å². The van der Waals surface area contributed by atoms with Gasteiger partial charge < -0.3 is 15.5 Å². The summed E-state index contributed by atoms with van der Waals surface area (Å²) in [6, 6.07) is 12.6. The summed E-state index contributed by atoms with van der Waals surface area (Å²) in [6.07, 6.45) is 0. The maximum Gasteiger partial charge on any atom is 0.442 e. The molecule has 0 atom stereocenters. The second-order valence-electron chi connectivity index (χ2n) is 5.33. The number of carboxylic acids is 1. The molecule has 4 N–H and O–H groups in total. The first-order valence-electron chi connectivity index (χ1n) is 7.63. The third-order valence-corrected chi connectivity index (χ3v) is 4.50. The molecule has 0 saturated heterocycles. The Morgan fingerprint density at radius 2 is 1.93 bits per heavy atom. The first-order valence-corrected chi connectivity index (χ1v) is 8.62. The molecule has 10 heteroatoms. The van der Waals surface area contributed by atoms with Gasteiger partial charge in [0.15, 0.2) is 0 Å². The van der Waals surface area contributed by atoms with Crippen molar-refractivity contribution in [3.63, 3.8) is 0 Å². The number of thioether (sulfide) groups is 1. The SMILES string of the molecule is O=C(CSc1c(=O)o[nH][n+]1-c1ccccc1)Nc1ccc(O)c(C(=O)O)c1. The van der Waals surface area contributed by atoms with E-state index in [1.807, 2.05) is 6.07 Å². The minimum atomic E-state index is -1.31. The fourth-order valence-electron chi connectivity index (χ4n) is 2.25. The van der Waals surface area contributed by atoms with Crippen molar-refractivity contribution in [3.8, 4) is 11.4 Å². The third kappa shape index (κ3) is 4.18. The van der Waals surface area contributed by atoms with E-state index in [0.717, 1.165) is 17.8 Å². The van der Waals surface area contributed by atoms with Gasteiger partial charge >= 0.3 is 16.6 Å². The standard InChI is InChI=1S/C17H13N3O6S/c21-13-7-6-10(8-12(13)16(23)24)18-14(22)9-27-15-17(25)26-19-20(15)11-4-2-1-3-5-11/h1-8,19H,9H2,(H2,23,24,25)/p+1. The summed E-state index contributed by atoms with van der Waals surface area (Å²) in [4.78, 5) is 35.0. The molecule has 3 rings (SSSR count). The zero-order valence-electron chi connectivity index (χ0n) is 13.7. The zero-order chi connectivity index (χ0) is 19.4. The van der Waals surface area contributed by atoms with Crippen LogP contribution in [0, 0.1) is 0 Å². The van der Waals surface area contributed by atoms with Gasteiger partial charge in [-0.3, -0.25) is 9.32 Å². The van der Waals surface area contributed by atoms with Gasteiger partial charge in [-0.25, -0.2) is 9.59 Å². The number of phenols is 1. The van der Waals surface area contributed by atoms with Crippen molar-refractivity contribution in [1.29, 1.82) is 0 Å². The second-order valence-corrected chi connectivity index (χ2v) is 6.29. The first-order chi connectivity index (χ1) is 13.0. The lowest BCUT2D eigenvalue weighted by Gasteiger charge is -2.06. The molecule has 0 saturated carbocycles. The van der Waals surface area contributed by atoms with E-state index in [9.17, 15) is 19.5 Å². The van der Waals surface area contributed by atoms with Gasteiger partial charge in [0.05, 0.1) is 5.75 Å². The minimum Gasteiger partial charge on any atom is -0.507 e. The molecule has 2 aromatic carbocycles. The Morgan fingerprint density at radius 3 is 2.63 bits per heavy atom. The Labute approximate surface area is 156 Å². The highest BCUT2D eigenvalue weighted by Crippen LogP contribution is 2.22. The topological polar surface area (TPSA) is 137 Å². The predicted molar refractivity (Wildman–Crippen MR) is 95.3 cm³/mol. The maximum atomic E-state index is 12.1. The molecule has 0 aliphatic rings. The third-order valence-electron chi connectivity index (χ3n) is 3.47. The molecule has 0 aliphatic carbocycles. The van der Waals surface area contributed by atoms with E-state index in [2.05, 4.69) is 10.6 Å². The number of aromatic carboxylic acids is 1. The second kappa shape index (κ2) is 7.79. The molecule has 1 amide bonds. The quantitative estimate of drug-likeness (QED) is 0.284. The molecular weight excluding hydrogens is 374 g/mol. The highest BCUT2D eigenvalue weighted by atomic mass is 32.2. The van der Waals surface area contributed by atoms with Crippen LogP contribution in [0.15, 0.2) is 62.9 Å². The van der Waals surface area contributed by atoms with Crippen LogP contribution < -0.4 is 15.6 Å². The number of anilines is 1. The van der Waals surface area contributed by atoms with Crippen molar-refractivity contribution in [2.24, 2.45) is 0 Å². The van der Waals surface area contributed by atoms with Crippen LogP contribution in [-0.4, -0.2) is 33.1 Å². The maximum absolute atomic E-state index is 12.1. The summed E-state index contributed by atoms with van der Waals surface area (Å²) < 4.78 is 6.21. The fraction of sp³-hybridized carbons (Fsp3) is 0.0588. The number of nitrogens with zero attached hydrogens (tertiary/aromatic N) is 1. The van der Waals surface area contributed by atoms with Gasteiger partial charge in [0.1, 0.15) is 11.3 Å². The van der Waals surface area contributed by atoms with E-state index in [0.29, 0.717) is 5.69 Å². The van der Waals surface area contributed by atoms with E-state index >= 15 is 0 Å². The molecule has 3 aromatic rings.